The van der Waals surface area contributed by atoms with Crippen molar-refractivity contribution in [1.82, 2.24) is 9.99 Å². The average Bonchev–Trinajstić information content (AvgIpc) is 2.62. The SMILES string of the molecule is Cc1ccc(C)n1NC(=O)[C@@H]1CCCNC1. The highest BCUT2D eigenvalue weighted by atomic mass is 16.2. The molecule has 0 aliphatic carbocycles. The molecule has 1 aliphatic rings. The van der Waals surface area contributed by atoms with Gasteiger partial charge in [0.1, 0.15) is 0 Å². The number of hydrogen-bond acceptors (Lipinski definition) is 2. The number of hydrogen-bond donors (Lipinski definition) is 2. The largest absolute Gasteiger partial charge is 0.316 e. The third-order valence-electron chi connectivity index (χ3n) is 3.16. The molecule has 2 heterocycles. The van der Waals surface area contributed by atoms with Crippen LogP contribution in [0.1, 0.15) is 24.2 Å². The van der Waals surface area contributed by atoms with E-state index >= 15 is 0 Å². The lowest BCUT2D eigenvalue weighted by Gasteiger charge is -2.23. The maximum Gasteiger partial charge on any atom is 0.243 e. The van der Waals surface area contributed by atoms with Crippen LogP contribution in [0, 0.1) is 19.8 Å². The number of aryl methyl sites for hydroxylation is 2. The Morgan fingerprint density at radius 2 is 2.12 bits per heavy atom. The van der Waals surface area contributed by atoms with Gasteiger partial charge in [0.25, 0.3) is 0 Å². The minimum Gasteiger partial charge on any atom is -0.316 e. The molecule has 4 heteroatoms. The Balaban J connectivity index is 2.01. The first-order valence-electron chi connectivity index (χ1n) is 5.85. The number of rotatable bonds is 2. The summed E-state index contributed by atoms with van der Waals surface area (Å²) in [4.78, 5) is 12.0. The van der Waals surface area contributed by atoms with Crippen LogP contribution in [0.25, 0.3) is 0 Å². The second-order valence-electron chi connectivity index (χ2n) is 4.47. The zero-order valence-corrected chi connectivity index (χ0v) is 9.92. The van der Waals surface area contributed by atoms with E-state index in [-0.39, 0.29) is 11.8 Å². The molecule has 0 radical (unpaired) electrons. The van der Waals surface area contributed by atoms with Crippen molar-refractivity contribution in [2.45, 2.75) is 26.7 Å². The van der Waals surface area contributed by atoms with Crippen LogP contribution in [-0.4, -0.2) is 23.7 Å². The summed E-state index contributed by atoms with van der Waals surface area (Å²) < 4.78 is 1.86. The molecule has 1 atom stereocenters. The fraction of sp³-hybridized carbons (Fsp3) is 0.583. The predicted molar refractivity (Wildman–Crippen MR) is 63.9 cm³/mol. The predicted octanol–water partition coefficient (Wildman–Crippen LogP) is 1.17. The van der Waals surface area contributed by atoms with E-state index in [1.807, 2.05) is 30.7 Å². The fourth-order valence-electron chi connectivity index (χ4n) is 2.12. The van der Waals surface area contributed by atoms with Crippen LogP contribution in [0.2, 0.25) is 0 Å². The maximum atomic E-state index is 12.0. The molecule has 1 aromatic rings. The summed E-state index contributed by atoms with van der Waals surface area (Å²) in [7, 11) is 0. The van der Waals surface area contributed by atoms with Gasteiger partial charge in [0.2, 0.25) is 5.91 Å². The monoisotopic (exact) mass is 221 g/mol. The molecule has 0 unspecified atom stereocenters. The third kappa shape index (κ3) is 2.27. The van der Waals surface area contributed by atoms with E-state index in [9.17, 15) is 4.79 Å². The number of nitrogens with zero attached hydrogens (tertiary/aromatic N) is 1. The second kappa shape index (κ2) is 4.70. The van der Waals surface area contributed by atoms with Crippen molar-refractivity contribution in [3.8, 4) is 0 Å². The minimum absolute atomic E-state index is 0.106. The molecule has 0 aromatic carbocycles. The molecule has 4 nitrogen and oxygen atoms in total. The Hall–Kier alpha value is -1.29. The van der Waals surface area contributed by atoms with Gasteiger partial charge in [-0.2, -0.15) is 0 Å². The number of carbonyl (C=O) groups excluding carboxylic acids is 1. The average molecular weight is 221 g/mol. The summed E-state index contributed by atoms with van der Waals surface area (Å²) in [6, 6.07) is 4.02. The van der Waals surface area contributed by atoms with Crippen molar-refractivity contribution in [2.24, 2.45) is 5.92 Å². The van der Waals surface area contributed by atoms with Gasteiger partial charge in [-0.15, -0.1) is 0 Å². The van der Waals surface area contributed by atoms with Crippen molar-refractivity contribution in [3.05, 3.63) is 23.5 Å². The molecular weight excluding hydrogens is 202 g/mol. The molecule has 1 amide bonds. The zero-order valence-electron chi connectivity index (χ0n) is 9.92. The molecule has 1 fully saturated rings. The van der Waals surface area contributed by atoms with Gasteiger partial charge >= 0.3 is 0 Å². The Kier molecular flexibility index (Phi) is 3.29. The second-order valence-corrected chi connectivity index (χ2v) is 4.47. The molecule has 16 heavy (non-hydrogen) atoms. The van der Waals surface area contributed by atoms with Crippen LogP contribution in [-0.2, 0) is 4.79 Å². The Bertz CT molecular complexity index is 358. The Labute approximate surface area is 96.0 Å². The molecule has 1 aliphatic heterocycles. The van der Waals surface area contributed by atoms with Crippen molar-refractivity contribution >= 4 is 5.91 Å². The lowest BCUT2D eigenvalue weighted by atomic mass is 9.99. The molecule has 0 spiro atoms. The van der Waals surface area contributed by atoms with Gasteiger partial charge in [0, 0.05) is 17.9 Å². The van der Waals surface area contributed by atoms with Gasteiger partial charge in [-0.25, -0.2) is 0 Å². The van der Waals surface area contributed by atoms with Crippen LogP contribution in [0.3, 0.4) is 0 Å². The summed E-state index contributed by atoms with van der Waals surface area (Å²) in [5, 5.41) is 3.25. The smallest absolute Gasteiger partial charge is 0.243 e. The molecule has 1 aromatic heterocycles. The fourth-order valence-corrected chi connectivity index (χ4v) is 2.12. The lowest BCUT2D eigenvalue weighted by molar-refractivity contribution is -0.121. The highest BCUT2D eigenvalue weighted by Gasteiger charge is 2.21. The minimum atomic E-state index is 0.106. The topological polar surface area (TPSA) is 46.1 Å². The van der Waals surface area contributed by atoms with Gasteiger partial charge < -0.3 is 5.32 Å². The highest BCUT2D eigenvalue weighted by molar-refractivity contribution is 5.86. The van der Waals surface area contributed by atoms with Crippen molar-refractivity contribution in [2.75, 3.05) is 18.5 Å². The van der Waals surface area contributed by atoms with Gasteiger partial charge in [-0.05, 0) is 45.4 Å². The normalized spacial score (nSPS) is 20.8. The van der Waals surface area contributed by atoms with Crippen molar-refractivity contribution in [1.29, 1.82) is 0 Å². The molecule has 0 saturated carbocycles. The first-order chi connectivity index (χ1) is 7.68. The van der Waals surface area contributed by atoms with Crippen molar-refractivity contribution < 1.29 is 4.79 Å². The highest BCUT2D eigenvalue weighted by Crippen LogP contribution is 2.11. The van der Waals surface area contributed by atoms with Crippen LogP contribution in [0.15, 0.2) is 12.1 Å². The Morgan fingerprint density at radius 3 is 2.69 bits per heavy atom. The van der Waals surface area contributed by atoms with E-state index in [0.29, 0.717) is 0 Å². The number of amides is 1. The molecule has 0 bridgehead atoms. The number of aromatic nitrogens is 1. The van der Waals surface area contributed by atoms with Gasteiger partial charge in [0.05, 0.1) is 5.92 Å². The first kappa shape index (κ1) is 11.2. The summed E-state index contributed by atoms with van der Waals surface area (Å²) in [6.45, 7) is 5.81. The summed E-state index contributed by atoms with van der Waals surface area (Å²) in [5.74, 6) is 0.226. The van der Waals surface area contributed by atoms with Crippen LogP contribution >= 0.6 is 0 Å². The van der Waals surface area contributed by atoms with E-state index in [0.717, 1.165) is 37.3 Å². The van der Waals surface area contributed by atoms with E-state index in [2.05, 4.69) is 10.7 Å². The van der Waals surface area contributed by atoms with Gasteiger partial charge in [-0.3, -0.25) is 14.9 Å². The lowest BCUT2D eigenvalue weighted by Crippen LogP contribution is -2.40. The van der Waals surface area contributed by atoms with E-state index in [4.69, 9.17) is 0 Å². The molecule has 2 N–H and O–H groups in total. The Morgan fingerprint density at radius 1 is 1.44 bits per heavy atom. The number of carbonyl (C=O) groups is 1. The quantitative estimate of drug-likeness (QED) is 0.787. The molecule has 2 rings (SSSR count). The van der Waals surface area contributed by atoms with Crippen LogP contribution in [0.4, 0.5) is 0 Å². The molecule has 88 valence electrons. The van der Waals surface area contributed by atoms with Gasteiger partial charge in [0.15, 0.2) is 0 Å². The molecular formula is C12H19N3O. The van der Waals surface area contributed by atoms with Gasteiger partial charge in [-0.1, -0.05) is 0 Å². The summed E-state index contributed by atoms with van der Waals surface area (Å²) >= 11 is 0. The number of nitrogens with one attached hydrogen (secondary N) is 2. The summed E-state index contributed by atoms with van der Waals surface area (Å²) in [5.41, 5.74) is 5.09. The standard InChI is InChI=1S/C12H19N3O/c1-9-5-6-10(2)15(9)14-12(16)11-4-3-7-13-8-11/h5-6,11,13H,3-4,7-8H2,1-2H3,(H,14,16)/t11-/m1/s1. The van der Waals surface area contributed by atoms with E-state index in [1.54, 1.807) is 0 Å². The van der Waals surface area contributed by atoms with E-state index < -0.39 is 0 Å². The third-order valence-corrected chi connectivity index (χ3v) is 3.16. The molecule has 1 saturated heterocycles. The van der Waals surface area contributed by atoms with Crippen LogP contribution < -0.4 is 10.7 Å². The van der Waals surface area contributed by atoms with Crippen molar-refractivity contribution in [3.63, 3.8) is 0 Å². The number of piperidine rings is 1. The zero-order chi connectivity index (χ0) is 11.5. The first-order valence-corrected chi connectivity index (χ1v) is 5.85. The summed E-state index contributed by atoms with van der Waals surface area (Å²) in [6.07, 6.45) is 2.07. The van der Waals surface area contributed by atoms with E-state index in [1.165, 1.54) is 0 Å². The maximum absolute atomic E-state index is 12.0. The van der Waals surface area contributed by atoms with Crippen LogP contribution in [0.5, 0.6) is 0 Å².